The zero-order valence-electron chi connectivity index (χ0n) is 12.5. The maximum atomic E-state index is 12.9. The van der Waals surface area contributed by atoms with Gasteiger partial charge in [0.25, 0.3) is 5.91 Å². The van der Waals surface area contributed by atoms with Gasteiger partial charge < -0.3 is 20.3 Å². The van der Waals surface area contributed by atoms with Crippen LogP contribution in [-0.4, -0.2) is 55.2 Å². The smallest absolute Gasteiger partial charge is 0.268 e. The van der Waals surface area contributed by atoms with Crippen LogP contribution >= 0.6 is 11.3 Å². The first-order chi connectivity index (χ1) is 10.1. The maximum absolute atomic E-state index is 12.9. The molecule has 2 N–H and O–H groups in total. The Bertz CT molecular complexity index is 529. The van der Waals surface area contributed by atoms with E-state index in [2.05, 4.69) is 4.98 Å². The summed E-state index contributed by atoms with van der Waals surface area (Å²) in [4.78, 5) is 21.5. The topological polar surface area (TPSA) is 71.7 Å². The van der Waals surface area contributed by atoms with E-state index < -0.39 is 0 Å². The first-order valence-corrected chi connectivity index (χ1v) is 8.26. The molecule has 1 aliphatic carbocycles. The number of carbonyl (C=O) groups is 1. The Balaban J connectivity index is 1.83. The summed E-state index contributed by atoms with van der Waals surface area (Å²) in [6, 6.07) is 0.198. The van der Waals surface area contributed by atoms with Crippen LogP contribution in [-0.2, 0) is 4.74 Å². The average Bonchev–Trinajstić information content (AvgIpc) is 2.88. The van der Waals surface area contributed by atoms with Crippen molar-refractivity contribution in [2.24, 2.45) is 0 Å². The summed E-state index contributed by atoms with van der Waals surface area (Å²) in [6.45, 7) is 1.26. The van der Waals surface area contributed by atoms with Gasteiger partial charge in [0.15, 0.2) is 5.13 Å². The van der Waals surface area contributed by atoms with E-state index in [4.69, 9.17) is 10.5 Å². The number of thiazole rings is 1. The number of amides is 1. The zero-order valence-corrected chi connectivity index (χ0v) is 13.4. The minimum atomic E-state index is 0.0123. The quantitative estimate of drug-likeness (QED) is 0.898. The standard InChI is InChI=1S/C14H22N4O2S/c1-17(2)14-16-12(15)11(21-14)13(19)18-7-8-20-10-6-4-3-5-9(10)18/h9-10H,3-8,15H2,1-2H3. The molecule has 116 valence electrons. The lowest BCUT2D eigenvalue weighted by Gasteiger charge is -2.43. The average molecular weight is 310 g/mol. The molecule has 1 aromatic heterocycles. The van der Waals surface area contributed by atoms with Crippen LogP contribution in [0.4, 0.5) is 10.9 Å². The molecule has 0 bridgehead atoms. The second-order valence-corrected chi connectivity index (χ2v) is 6.84. The van der Waals surface area contributed by atoms with E-state index in [1.807, 2.05) is 23.9 Å². The SMILES string of the molecule is CN(C)c1nc(N)c(C(=O)N2CCOC3CCCCC32)s1. The van der Waals surface area contributed by atoms with Gasteiger partial charge in [-0.3, -0.25) is 4.79 Å². The van der Waals surface area contributed by atoms with Gasteiger partial charge in [-0.25, -0.2) is 4.98 Å². The van der Waals surface area contributed by atoms with Gasteiger partial charge in [0.1, 0.15) is 10.7 Å². The van der Waals surface area contributed by atoms with Crippen LogP contribution in [0.2, 0.25) is 0 Å². The Labute approximate surface area is 128 Å². The third kappa shape index (κ3) is 2.72. The molecular weight excluding hydrogens is 288 g/mol. The van der Waals surface area contributed by atoms with E-state index >= 15 is 0 Å². The Hall–Kier alpha value is -1.34. The monoisotopic (exact) mass is 310 g/mol. The molecule has 2 heterocycles. The molecule has 1 aromatic rings. The van der Waals surface area contributed by atoms with Crippen molar-refractivity contribution in [3.05, 3.63) is 4.88 Å². The molecule has 0 spiro atoms. The van der Waals surface area contributed by atoms with Crippen molar-refractivity contribution in [2.75, 3.05) is 37.9 Å². The normalized spacial score (nSPS) is 25.5. The summed E-state index contributed by atoms with van der Waals surface area (Å²) in [5.41, 5.74) is 5.95. The highest BCUT2D eigenvalue weighted by molar-refractivity contribution is 7.18. The molecule has 2 aliphatic rings. The molecule has 2 unspecified atom stereocenters. The van der Waals surface area contributed by atoms with Gasteiger partial charge in [0, 0.05) is 20.6 Å². The fourth-order valence-corrected chi connectivity index (χ4v) is 4.01. The molecule has 1 saturated heterocycles. The number of aromatic nitrogens is 1. The zero-order chi connectivity index (χ0) is 15.0. The Morgan fingerprint density at radius 2 is 2.19 bits per heavy atom. The highest BCUT2D eigenvalue weighted by Gasteiger charge is 2.38. The summed E-state index contributed by atoms with van der Waals surface area (Å²) in [6.07, 6.45) is 4.62. The fraction of sp³-hybridized carbons (Fsp3) is 0.714. The van der Waals surface area contributed by atoms with Crippen molar-refractivity contribution in [2.45, 2.75) is 37.8 Å². The molecule has 2 fully saturated rings. The molecule has 0 aromatic carbocycles. The van der Waals surface area contributed by atoms with Crippen LogP contribution in [0.25, 0.3) is 0 Å². The molecular formula is C14H22N4O2S. The first kappa shape index (κ1) is 14.6. The van der Waals surface area contributed by atoms with Gasteiger partial charge in [0.05, 0.1) is 18.8 Å². The number of hydrogen-bond donors (Lipinski definition) is 1. The molecule has 21 heavy (non-hydrogen) atoms. The van der Waals surface area contributed by atoms with E-state index in [1.165, 1.54) is 17.8 Å². The number of ether oxygens (including phenoxy) is 1. The van der Waals surface area contributed by atoms with Gasteiger partial charge >= 0.3 is 0 Å². The summed E-state index contributed by atoms with van der Waals surface area (Å²) < 4.78 is 5.83. The van der Waals surface area contributed by atoms with Gasteiger partial charge in [-0.15, -0.1) is 0 Å². The lowest BCUT2D eigenvalue weighted by atomic mass is 9.90. The Morgan fingerprint density at radius 1 is 1.43 bits per heavy atom. The highest BCUT2D eigenvalue weighted by atomic mass is 32.1. The number of nitrogens with two attached hydrogens (primary N) is 1. The van der Waals surface area contributed by atoms with Gasteiger partial charge in [0.2, 0.25) is 0 Å². The molecule has 7 heteroatoms. The van der Waals surface area contributed by atoms with Crippen molar-refractivity contribution in [1.29, 1.82) is 0 Å². The van der Waals surface area contributed by atoms with Crippen molar-refractivity contribution >= 4 is 28.2 Å². The lowest BCUT2D eigenvalue weighted by Crippen LogP contribution is -2.54. The molecule has 3 rings (SSSR count). The number of nitrogens with zero attached hydrogens (tertiary/aromatic N) is 3. The third-order valence-corrected chi connectivity index (χ3v) is 5.44. The van der Waals surface area contributed by atoms with Crippen molar-refractivity contribution in [3.63, 3.8) is 0 Å². The second kappa shape index (κ2) is 5.81. The first-order valence-electron chi connectivity index (χ1n) is 7.44. The van der Waals surface area contributed by atoms with Crippen LogP contribution in [0, 0.1) is 0 Å². The molecule has 1 saturated carbocycles. The van der Waals surface area contributed by atoms with Gasteiger partial charge in [-0.05, 0) is 12.8 Å². The lowest BCUT2D eigenvalue weighted by molar-refractivity contribution is -0.0751. The second-order valence-electron chi connectivity index (χ2n) is 5.86. The van der Waals surface area contributed by atoms with Crippen LogP contribution in [0.15, 0.2) is 0 Å². The van der Waals surface area contributed by atoms with Crippen molar-refractivity contribution in [1.82, 2.24) is 9.88 Å². The molecule has 6 nitrogen and oxygen atoms in total. The summed E-state index contributed by atoms with van der Waals surface area (Å²) in [7, 11) is 3.80. The third-order valence-electron chi connectivity index (χ3n) is 4.21. The summed E-state index contributed by atoms with van der Waals surface area (Å²) >= 11 is 1.37. The Morgan fingerprint density at radius 3 is 2.90 bits per heavy atom. The van der Waals surface area contributed by atoms with E-state index in [0.29, 0.717) is 23.8 Å². The highest BCUT2D eigenvalue weighted by Crippen LogP contribution is 2.33. The summed E-state index contributed by atoms with van der Waals surface area (Å²) in [5.74, 6) is 0.353. The van der Waals surface area contributed by atoms with E-state index in [1.54, 1.807) is 0 Å². The fourth-order valence-electron chi connectivity index (χ4n) is 3.14. The molecule has 1 aliphatic heterocycles. The Kier molecular flexibility index (Phi) is 4.03. The molecule has 1 amide bonds. The minimum absolute atomic E-state index is 0.0123. The minimum Gasteiger partial charge on any atom is -0.382 e. The van der Waals surface area contributed by atoms with Crippen LogP contribution in [0.3, 0.4) is 0 Å². The van der Waals surface area contributed by atoms with E-state index in [-0.39, 0.29) is 18.1 Å². The van der Waals surface area contributed by atoms with Crippen LogP contribution in [0.5, 0.6) is 0 Å². The van der Waals surface area contributed by atoms with Gasteiger partial charge in [-0.2, -0.15) is 0 Å². The van der Waals surface area contributed by atoms with E-state index in [9.17, 15) is 4.79 Å². The predicted octanol–water partition coefficient (Wildman–Crippen LogP) is 1.57. The summed E-state index contributed by atoms with van der Waals surface area (Å²) in [5, 5.41) is 0.768. The number of rotatable bonds is 2. The molecule has 2 atom stereocenters. The van der Waals surface area contributed by atoms with E-state index in [0.717, 1.165) is 24.4 Å². The maximum Gasteiger partial charge on any atom is 0.268 e. The van der Waals surface area contributed by atoms with Crippen LogP contribution < -0.4 is 10.6 Å². The number of fused-ring (bicyclic) bond motifs is 1. The van der Waals surface area contributed by atoms with Crippen molar-refractivity contribution in [3.8, 4) is 0 Å². The number of carbonyl (C=O) groups excluding carboxylic acids is 1. The van der Waals surface area contributed by atoms with Crippen molar-refractivity contribution < 1.29 is 9.53 Å². The number of nitrogen functional groups attached to an aromatic ring is 1. The number of morpholine rings is 1. The largest absolute Gasteiger partial charge is 0.382 e. The number of anilines is 2. The predicted molar refractivity (Wildman–Crippen MR) is 83.9 cm³/mol. The van der Waals surface area contributed by atoms with Gasteiger partial charge in [-0.1, -0.05) is 24.2 Å². The van der Waals surface area contributed by atoms with Crippen LogP contribution in [0.1, 0.15) is 35.4 Å². The molecule has 0 radical (unpaired) electrons. The number of hydrogen-bond acceptors (Lipinski definition) is 6.